The molecule has 5 aromatic rings. The van der Waals surface area contributed by atoms with E-state index in [2.05, 4.69) is 109 Å². The van der Waals surface area contributed by atoms with E-state index in [0.29, 0.717) is 0 Å². The molecule has 0 saturated heterocycles. The molecule has 0 saturated carbocycles. The van der Waals surface area contributed by atoms with Crippen LogP contribution in [0.3, 0.4) is 0 Å². The van der Waals surface area contributed by atoms with E-state index in [1.54, 1.807) is 0 Å². The predicted molar refractivity (Wildman–Crippen MR) is 169 cm³/mol. The van der Waals surface area contributed by atoms with Crippen LogP contribution in [0.15, 0.2) is 174 Å². The van der Waals surface area contributed by atoms with Crippen LogP contribution in [0.2, 0.25) is 0 Å². The van der Waals surface area contributed by atoms with E-state index in [4.69, 9.17) is 9.98 Å². The van der Waals surface area contributed by atoms with Crippen molar-refractivity contribution in [1.82, 2.24) is 0 Å². The third-order valence-electron chi connectivity index (χ3n) is 7.05. The Morgan fingerprint density at radius 3 is 1.52 bits per heavy atom. The van der Waals surface area contributed by atoms with Gasteiger partial charge in [0.1, 0.15) is 0 Å². The Hall–Kier alpha value is -5.08. The van der Waals surface area contributed by atoms with E-state index in [1.807, 2.05) is 54.6 Å². The molecule has 0 spiro atoms. The first-order chi connectivity index (χ1) is 19.8. The predicted octanol–water partition coefficient (Wildman–Crippen LogP) is 9.78. The second-order valence-electron chi connectivity index (χ2n) is 9.80. The molecule has 0 heterocycles. The molecule has 40 heavy (non-hydrogen) atoms. The molecule has 2 nitrogen and oxygen atoms in total. The van der Waals surface area contributed by atoms with Crippen LogP contribution in [0.25, 0.3) is 11.1 Å². The van der Waals surface area contributed by atoms with Crippen molar-refractivity contribution in [2.75, 3.05) is 0 Å². The highest BCUT2D eigenvalue weighted by Crippen LogP contribution is 2.27. The van der Waals surface area contributed by atoms with Gasteiger partial charge in [0.2, 0.25) is 0 Å². The highest BCUT2D eigenvalue weighted by Gasteiger charge is 2.16. The lowest BCUT2D eigenvalue weighted by Gasteiger charge is -2.17. The van der Waals surface area contributed by atoms with Crippen LogP contribution in [0, 0.1) is 5.92 Å². The fraction of sp³-hybridized carbons (Fsp3) is 0.0526. The van der Waals surface area contributed by atoms with Gasteiger partial charge in [-0.05, 0) is 47.4 Å². The lowest BCUT2D eigenvalue weighted by Crippen LogP contribution is -2.14. The van der Waals surface area contributed by atoms with Gasteiger partial charge in [-0.2, -0.15) is 0 Å². The first kappa shape index (κ1) is 25.2. The second-order valence-corrected chi connectivity index (χ2v) is 9.80. The van der Waals surface area contributed by atoms with E-state index in [1.165, 1.54) is 11.1 Å². The van der Waals surface area contributed by atoms with E-state index in [-0.39, 0.29) is 5.92 Å². The van der Waals surface area contributed by atoms with Crippen LogP contribution in [0.5, 0.6) is 0 Å². The summed E-state index contributed by atoms with van der Waals surface area (Å²) < 4.78 is 0. The van der Waals surface area contributed by atoms with E-state index in [9.17, 15) is 0 Å². The quantitative estimate of drug-likeness (QED) is 0.193. The zero-order valence-electron chi connectivity index (χ0n) is 22.3. The standard InChI is InChI=1S/C38H30N2/c1-5-13-31(14-6-1)37(39-35-17-9-3-10-18-35)33-25-21-29(22-26-33)30-23-27-34(28-24-30)38(32-15-7-2-8-16-32)40-36-19-11-4-12-20-36/h1-15,17-28,32H,16H2. The normalized spacial score (nSPS) is 15.2. The fourth-order valence-corrected chi connectivity index (χ4v) is 4.96. The summed E-state index contributed by atoms with van der Waals surface area (Å²) in [6, 6.07) is 48.2. The van der Waals surface area contributed by atoms with E-state index < -0.39 is 0 Å². The van der Waals surface area contributed by atoms with Gasteiger partial charge in [-0.25, -0.2) is 4.99 Å². The Balaban J connectivity index is 1.30. The van der Waals surface area contributed by atoms with Crippen LogP contribution in [0.4, 0.5) is 11.4 Å². The molecule has 1 atom stereocenters. The molecule has 1 unspecified atom stereocenters. The second kappa shape index (κ2) is 12.2. The van der Waals surface area contributed by atoms with Crippen LogP contribution in [-0.2, 0) is 0 Å². The summed E-state index contributed by atoms with van der Waals surface area (Å²) in [6.45, 7) is 0. The summed E-state index contributed by atoms with van der Waals surface area (Å²) in [5, 5.41) is 0. The van der Waals surface area contributed by atoms with Gasteiger partial charge in [0.05, 0.1) is 22.8 Å². The zero-order valence-corrected chi connectivity index (χ0v) is 22.3. The zero-order chi connectivity index (χ0) is 27.0. The third-order valence-corrected chi connectivity index (χ3v) is 7.05. The Labute approximate surface area is 236 Å². The van der Waals surface area contributed by atoms with Crippen molar-refractivity contribution in [1.29, 1.82) is 0 Å². The SMILES string of the molecule is C1=CCC(C(=Nc2ccccc2)c2ccc(-c3ccc(C(=Nc4ccccc4)c4ccccc4)cc3)cc2)C=C1. The van der Waals surface area contributed by atoms with Crippen molar-refractivity contribution < 1.29 is 0 Å². The Kier molecular flexibility index (Phi) is 7.68. The number of hydrogen-bond acceptors (Lipinski definition) is 2. The highest BCUT2D eigenvalue weighted by molar-refractivity contribution is 6.14. The maximum atomic E-state index is 5.07. The summed E-state index contributed by atoms with van der Waals surface area (Å²) in [4.78, 5) is 10.1. The minimum atomic E-state index is 0.260. The number of nitrogens with zero attached hydrogens (tertiary/aromatic N) is 2. The molecule has 192 valence electrons. The van der Waals surface area contributed by atoms with Gasteiger partial charge >= 0.3 is 0 Å². The van der Waals surface area contributed by atoms with Crippen molar-refractivity contribution in [3.8, 4) is 11.1 Å². The molecule has 5 aromatic carbocycles. The van der Waals surface area contributed by atoms with Gasteiger partial charge in [0, 0.05) is 17.0 Å². The number of para-hydroxylation sites is 2. The van der Waals surface area contributed by atoms with Gasteiger partial charge in [-0.3, -0.25) is 4.99 Å². The van der Waals surface area contributed by atoms with Crippen molar-refractivity contribution in [3.63, 3.8) is 0 Å². The molecule has 0 bridgehead atoms. The molecular formula is C38H30N2. The van der Waals surface area contributed by atoms with Crippen LogP contribution in [-0.4, -0.2) is 11.4 Å². The molecule has 0 amide bonds. The molecule has 6 rings (SSSR count). The summed E-state index contributed by atoms with van der Waals surface area (Å²) in [5.74, 6) is 0.260. The van der Waals surface area contributed by atoms with E-state index in [0.717, 1.165) is 45.9 Å². The third kappa shape index (κ3) is 5.98. The van der Waals surface area contributed by atoms with Crippen molar-refractivity contribution >= 4 is 22.8 Å². The molecule has 0 radical (unpaired) electrons. The van der Waals surface area contributed by atoms with Crippen LogP contribution in [0.1, 0.15) is 23.1 Å². The van der Waals surface area contributed by atoms with E-state index >= 15 is 0 Å². The van der Waals surface area contributed by atoms with Gasteiger partial charge in [0.15, 0.2) is 0 Å². The number of benzene rings is 5. The molecule has 0 N–H and O–H groups in total. The van der Waals surface area contributed by atoms with Crippen LogP contribution < -0.4 is 0 Å². The molecule has 2 heteroatoms. The smallest absolute Gasteiger partial charge is 0.0781 e. The Morgan fingerprint density at radius 2 is 0.975 bits per heavy atom. The minimum absolute atomic E-state index is 0.260. The molecule has 0 fully saturated rings. The van der Waals surface area contributed by atoms with Crippen molar-refractivity contribution in [2.24, 2.45) is 15.9 Å². The molecule has 1 aliphatic rings. The average molecular weight is 515 g/mol. The lowest BCUT2D eigenvalue weighted by molar-refractivity contribution is 0.869. The Morgan fingerprint density at radius 1 is 0.475 bits per heavy atom. The average Bonchev–Trinajstić information content (AvgIpc) is 3.05. The van der Waals surface area contributed by atoms with Crippen molar-refractivity contribution in [2.45, 2.75) is 6.42 Å². The van der Waals surface area contributed by atoms with Crippen LogP contribution >= 0.6 is 0 Å². The summed E-state index contributed by atoms with van der Waals surface area (Å²) in [6.07, 6.45) is 9.65. The number of hydrogen-bond donors (Lipinski definition) is 0. The molecular weight excluding hydrogens is 484 g/mol. The topological polar surface area (TPSA) is 24.7 Å². The first-order valence-corrected chi connectivity index (χ1v) is 13.7. The summed E-state index contributed by atoms with van der Waals surface area (Å²) in [5.41, 5.74) is 9.66. The maximum absolute atomic E-state index is 5.07. The number of allylic oxidation sites excluding steroid dienone is 4. The lowest BCUT2D eigenvalue weighted by atomic mass is 9.90. The summed E-state index contributed by atoms with van der Waals surface area (Å²) in [7, 11) is 0. The monoisotopic (exact) mass is 514 g/mol. The fourth-order valence-electron chi connectivity index (χ4n) is 4.96. The largest absolute Gasteiger partial charge is 0.252 e. The first-order valence-electron chi connectivity index (χ1n) is 13.7. The van der Waals surface area contributed by atoms with Gasteiger partial charge in [-0.1, -0.05) is 140 Å². The molecule has 0 aromatic heterocycles. The Bertz CT molecular complexity index is 1660. The number of aliphatic imine (C=N–C) groups is 2. The molecule has 1 aliphatic carbocycles. The maximum Gasteiger partial charge on any atom is 0.0781 e. The molecule has 0 aliphatic heterocycles. The van der Waals surface area contributed by atoms with Crippen molar-refractivity contribution in [3.05, 3.63) is 181 Å². The van der Waals surface area contributed by atoms with Gasteiger partial charge in [0.25, 0.3) is 0 Å². The van der Waals surface area contributed by atoms with Gasteiger partial charge < -0.3 is 0 Å². The minimum Gasteiger partial charge on any atom is -0.252 e. The van der Waals surface area contributed by atoms with Gasteiger partial charge in [-0.15, -0.1) is 0 Å². The highest BCUT2D eigenvalue weighted by atomic mass is 14.8. The summed E-state index contributed by atoms with van der Waals surface area (Å²) >= 11 is 0. The number of rotatable bonds is 7.